The van der Waals surface area contributed by atoms with E-state index in [2.05, 4.69) is 9.88 Å². The number of fused-ring (bicyclic) bond motifs is 1. The molecule has 40 heavy (non-hydrogen) atoms. The molecule has 0 bridgehead atoms. The fraction of sp³-hybridized carbons (Fsp3) is 0.290. The number of aryl methyl sites for hydroxylation is 2. The highest BCUT2D eigenvalue weighted by Gasteiger charge is 2.24. The third-order valence-corrected chi connectivity index (χ3v) is 8.34. The van der Waals surface area contributed by atoms with Crippen molar-refractivity contribution in [2.24, 2.45) is 0 Å². The van der Waals surface area contributed by atoms with E-state index in [0.717, 1.165) is 58.1 Å². The van der Waals surface area contributed by atoms with Crippen LogP contribution >= 0.6 is 0 Å². The summed E-state index contributed by atoms with van der Waals surface area (Å²) in [4.78, 5) is 18.4. The van der Waals surface area contributed by atoms with E-state index in [-0.39, 0.29) is 11.3 Å². The average Bonchev–Trinajstić information content (AvgIpc) is 3.32. The first kappa shape index (κ1) is 27.5. The molecule has 0 radical (unpaired) electrons. The van der Waals surface area contributed by atoms with Gasteiger partial charge in [-0.3, -0.25) is 4.79 Å². The maximum Gasteiger partial charge on any atom is 0.303 e. The maximum absolute atomic E-state index is 11.9. The van der Waals surface area contributed by atoms with E-state index in [1.165, 1.54) is 6.26 Å². The Labute approximate surface area is 234 Å². The van der Waals surface area contributed by atoms with E-state index >= 15 is 0 Å². The fourth-order valence-electron chi connectivity index (χ4n) is 5.07. The van der Waals surface area contributed by atoms with Crippen LogP contribution in [-0.2, 0) is 40.4 Å². The number of oxazole rings is 1. The molecule has 0 fully saturated rings. The largest absolute Gasteiger partial charge is 0.493 e. The minimum absolute atomic E-state index is 0.0465. The molecule has 0 unspecified atom stereocenters. The van der Waals surface area contributed by atoms with E-state index in [1.807, 2.05) is 61.5 Å². The Morgan fingerprint density at radius 3 is 2.48 bits per heavy atom. The van der Waals surface area contributed by atoms with Crippen LogP contribution in [0.3, 0.4) is 0 Å². The van der Waals surface area contributed by atoms with Crippen molar-refractivity contribution >= 4 is 21.5 Å². The maximum atomic E-state index is 11.9. The SMILES string of the molecule is Cc1oc(-c2ccccc2)nc1CCOc1ccc(CCC(=O)O)c2c1CCN(c1ccc(S(C)(=O)=O)cc1)C2. The molecule has 2 heterocycles. The van der Waals surface area contributed by atoms with Crippen molar-refractivity contribution in [3.63, 3.8) is 0 Å². The quantitative estimate of drug-likeness (QED) is 0.280. The van der Waals surface area contributed by atoms with Crippen LogP contribution in [0.15, 0.2) is 76.0 Å². The van der Waals surface area contributed by atoms with E-state index in [4.69, 9.17) is 9.15 Å². The topological polar surface area (TPSA) is 110 Å². The summed E-state index contributed by atoms with van der Waals surface area (Å²) in [6.45, 7) is 3.65. The van der Waals surface area contributed by atoms with Gasteiger partial charge in [0.1, 0.15) is 11.5 Å². The molecule has 0 saturated heterocycles. The van der Waals surface area contributed by atoms with Crippen LogP contribution in [0.25, 0.3) is 11.5 Å². The standard InChI is InChI=1S/C31H32N2O6S/c1-21-28(32-31(39-21)23-6-4-3-5-7-23)17-19-38-29-14-8-22(9-15-30(34)35)27-20-33(18-16-26(27)29)24-10-12-25(13-11-24)40(2,36)37/h3-8,10-14H,9,15-20H2,1-2H3,(H,34,35). The van der Waals surface area contributed by atoms with E-state index < -0.39 is 15.8 Å². The predicted molar refractivity (Wildman–Crippen MR) is 153 cm³/mol. The van der Waals surface area contributed by atoms with Gasteiger partial charge >= 0.3 is 5.97 Å². The number of nitrogens with zero attached hydrogens (tertiary/aromatic N) is 2. The zero-order chi connectivity index (χ0) is 28.3. The van der Waals surface area contributed by atoms with E-state index in [1.54, 1.807) is 12.1 Å². The Bertz CT molecular complexity index is 1610. The molecular formula is C31H32N2O6S. The summed E-state index contributed by atoms with van der Waals surface area (Å²) in [6.07, 6.45) is 2.99. The van der Waals surface area contributed by atoms with Gasteiger partial charge in [0.15, 0.2) is 9.84 Å². The number of rotatable bonds is 10. The molecule has 1 aliphatic rings. The van der Waals surface area contributed by atoms with Crippen LogP contribution < -0.4 is 9.64 Å². The zero-order valence-corrected chi connectivity index (χ0v) is 23.4. The first-order valence-corrected chi connectivity index (χ1v) is 15.1. The highest BCUT2D eigenvalue weighted by molar-refractivity contribution is 7.90. The highest BCUT2D eigenvalue weighted by Crippen LogP contribution is 2.34. The van der Waals surface area contributed by atoms with Crippen molar-refractivity contribution in [3.05, 3.63) is 94.9 Å². The van der Waals surface area contributed by atoms with E-state index in [0.29, 0.717) is 31.9 Å². The third-order valence-electron chi connectivity index (χ3n) is 7.21. The molecule has 5 rings (SSSR count). The molecule has 0 atom stereocenters. The van der Waals surface area contributed by atoms with Gasteiger partial charge in [0.2, 0.25) is 5.89 Å². The van der Waals surface area contributed by atoms with Crippen molar-refractivity contribution in [2.45, 2.75) is 44.0 Å². The minimum Gasteiger partial charge on any atom is -0.493 e. The van der Waals surface area contributed by atoms with Gasteiger partial charge in [0.25, 0.3) is 0 Å². The molecule has 3 aromatic carbocycles. The molecule has 0 saturated carbocycles. The van der Waals surface area contributed by atoms with Crippen LogP contribution in [0, 0.1) is 6.92 Å². The van der Waals surface area contributed by atoms with Crippen molar-refractivity contribution in [3.8, 4) is 17.2 Å². The van der Waals surface area contributed by atoms with Crippen LogP contribution in [0.4, 0.5) is 5.69 Å². The lowest BCUT2D eigenvalue weighted by molar-refractivity contribution is -0.136. The van der Waals surface area contributed by atoms with Gasteiger partial charge in [-0.2, -0.15) is 0 Å². The Kier molecular flexibility index (Phi) is 7.93. The molecular weight excluding hydrogens is 528 g/mol. The summed E-state index contributed by atoms with van der Waals surface area (Å²) in [7, 11) is -3.27. The lowest BCUT2D eigenvalue weighted by Gasteiger charge is -2.33. The number of carboxylic acid groups (broad SMARTS) is 1. The summed E-state index contributed by atoms with van der Waals surface area (Å²) in [6, 6.07) is 20.6. The van der Waals surface area contributed by atoms with Crippen molar-refractivity contribution in [1.29, 1.82) is 0 Å². The van der Waals surface area contributed by atoms with Crippen molar-refractivity contribution < 1.29 is 27.5 Å². The first-order chi connectivity index (χ1) is 19.2. The number of anilines is 1. The summed E-state index contributed by atoms with van der Waals surface area (Å²) in [5.41, 5.74) is 5.86. The zero-order valence-electron chi connectivity index (χ0n) is 22.6. The highest BCUT2D eigenvalue weighted by atomic mass is 32.2. The van der Waals surface area contributed by atoms with Crippen LogP contribution in [0.1, 0.15) is 34.6 Å². The van der Waals surface area contributed by atoms with Gasteiger partial charge < -0.3 is 19.2 Å². The van der Waals surface area contributed by atoms with Crippen LogP contribution in [0.5, 0.6) is 5.75 Å². The first-order valence-electron chi connectivity index (χ1n) is 13.2. The van der Waals surface area contributed by atoms with Gasteiger partial charge in [-0.1, -0.05) is 24.3 Å². The Hall–Kier alpha value is -4.11. The second-order valence-electron chi connectivity index (χ2n) is 10.00. The Morgan fingerprint density at radius 1 is 1.02 bits per heavy atom. The summed E-state index contributed by atoms with van der Waals surface area (Å²) < 4.78 is 35.9. The lowest BCUT2D eigenvalue weighted by atomic mass is 9.91. The number of hydrogen-bond donors (Lipinski definition) is 1. The Balaban J connectivity index is 1.33. The fourth-order valence-corrected chi connectivity index (χ4v) is 5.70. The molecule has 0 spiro atoms. The molecule has 1 N–H and O–H groups in total. The molecule has 1 aromatic heterocycles. The number of sulfone groups is 1. The second-order valence-corrected chi connectivity index (χ2v) is 12.0. The van der Waals surface area contributed by atoms with Gasteiger partial charge in [-0.05, 0) is 73.4 Å². The lowest BCUT2D eigenvalue weighted by Crippen LogP contribution is -2.31. The third kappa shape index (κ3) is 6.20. The van der Waals surface area contributed by atoms with Gasteiger partial charge in [0.05, 0.1) is 17.2 Å². The predicted octanol–water partition coefficient (Wildman–Crippen LogP) is 5.25. The molecule has 0 aliphatic carbocycles. The molecule has 8 nitrogen and oxygen atoms in total. The molecule has 9 heteroatoms. The number of aliphatic carboxylic acids is 1. The average molecular weight is 561 g/mol. The number of aromatic nitrogens is 1. The normalized spacial score (nSPS) is 13.2. The number of ether oxygens (including phenoxy) is 1. The number of carboxylic acids is 1. The number of benzene rings is 3. The number of carbonyl (C=O) groups is 1. The van der Waals surface area contributed by atoms with Crippen LogP contribution in [-0.4, -0.2) is 43.9 Å². The monoisotopic (exact) mass is 560 g/mol. The molecule has 0 amide bonds. The molecule has 1 aliphatic heterocycles. The second kappa shape index (κ2) is 11.6. The molecule has 4 aromatic rings. The van der Waals surface area contributed by atoms with E-state index in [9.17, 15) is 18.3 Å². The number of hydrogen-bond acceptors (Lipinski definition) is 7. The summed E-state index contributed by atoms with van der Waals surface area (Å²) in [5.74, 6) is 1.32. The van der Waals surface area contributed by atoms with Gasteiger partial charge in [-0.25, -0.2) is 13.4 Å². The summed E-state index contributed by atoms with van der Waals surface area (Å²) in [5, 5.41) is 9.28. The Morgan fingerprint density at radius 2 is 1.77 bits per heavy atom. The van der Waals surface area contributed by atoms with Gasteiger partial charge in [0, 0.05) is 49.0 Å². The van der Waals surface area contributed by atoms with Gasteiger partial charge in [-0.15, -0.1) is 0 Å². The molecule has 208 valence electrons. The van der Waals surface area contributed by atoms with Crippen LogP contribution in [0.2, 0.25) is 0 Å². The smallest absolute Gasteiger partial charge is 0.303 e. The summed E-state index contributed by atoms with van der Waals surface area (Å²) >= 11 is 0. The van der Waals surface area contributed by atoms with Crippen molar-refractivity contribution in [2.75, 3.05) is 24.3 Å². The minimum atomic E-state index is -3.27. The van der Waals surface area contributed by atoms with Crippen molar-refractivity contribution in [1.82, 2.24) is 4.98 Å².